The van der Waals surface area contributed by atoms with Crippen molar-refractivity contribution >= 4 is 31.9 Å². The summed E-state index contributed by atoms with van der Waals surface area (Å²) in [6.45, 7) is 7.21. The Morgan fingerprint density at radius 3 is 2.30 bits per heavy atom. The van der Waals surface area contributed by atoms with Crippen molar-refractivity contribution < 1.29 is 18.3 Å². The standard InChI is InChI=1S/C13H18BrNO4S/c1-7(2)9(4)15-20(18,19)12-6-10(13(16)17)5-11(14)8(12)3/h5-7,9,15H,1-4H3,(H,16,17). The zero-order valence-electron chi connectivity index (χ0n) is 11.8. The lowest BCUT2D eigenvalue weighted by Gasteiger charge is -2.19. The van der Waals surface area contributed by atoms with Gasteiger partial charge in [-0.3, -0.25) is 0 Å². The van der Waals surface area contributed by atoms with Gasteiger partial charge in [0.15, 0.2) is 0 Å². The summed E-state index contributed by atoms with van der Waals surface area (Å²) in [6, 6.07) is 2.33. The number of halogens is 1. The van der Waals surface area contributed by atoms with Gasteiger partial charge >= 0.3 is 5.97 Å². The summed E-state index contributed by atoms with van der Waals surface area (Å²) < 4.78 is 27.8. The van der Waals surface area contributed by atoms with Crippen LogP contribution in [0.25, 0.3) is 0 Å². The number of carboxylic acids is 1. The minimum atomic E-state index is -3.76. The Balaban J connectivity index is 3.34. The molecule has 0 amide bonds. The Hall–Kier alpha value is -0.920. The summed E-state index contributed by atoms with van der Waals surface area (Å²) in [4.78, 5) is 11.0. The summed E-state index contributed by atoms with van der Waals surface area (Å²) in [5.41, 5.74) is 0.415. The molecule has 0 aliphatic carbocycles. The molecule has 0 saturated heterocycles. The van der Waals surface area contributed by atoms with Crippen LogP contribution in [0.5, 0.6) is 0 Å². The van der Waals surface area contributed by atoms with Crippen LogP contribution in [0.15, 0.2) is 21.5 Å². The van der Waals surface area contributed by atoms with Crippen LogP contribution in [0.2, 0.25) is 0 Å². The Morgan fingerprint density at radius 1 is 1.30 bits per heavy atom. The highest BCUT2D eigenvalue weighted by atomic mass is 79.9. The van der Waals surface area contributed by atoms with Crippen LogP contribution in [-0.2, 0) is 10.0 Å². The molecule has 1 atom stereocenters. The first-order valence-electron chi connectivity index (χ1n) is 6.12. The number of hydrogen-bond donors (Lipinski definition) is 2. The molecule has 0 aliphatic heterocycles. The fourth-order valence-corrected chi connectivity index (χ4v) is 3.78. The minimum absolute atomic E-state index is 0.0169. The minimum Gasteiger partial charge on any atom is -0.478 e. The molecular formula is C13H18BrNO4S. The topological polar surface area (TPSA) is 83.5 Å². The zero-order chi connectivity index (χ0) is 15.7. The largest absolute Gasteiger partial charge is 0.478 e. The van der Waals surface area contributed by atoms with Gasteiger partial charge in [-0.2, -0.15) is 0 Å². The van der Waals surface area contributed by atoms with Gasteiger partial charge in [0.2, 0.25) is 10.0 Å². The van der Waals surface area contributed by atoms with Crippen LogP contribution in [0, 0.1) is 12.8 Å². The van der Waals surface area contributed by atoms with E-state index in [2.05, 4.69) is 20.7 Å². The molecule has 0 radical (unpaired) electrons. The smallest absolute Gasteiger partial charge is 0.335 e. The normalized spacial score (nSPS) is 13.5. The maximum atomic E-state index is 12.4. The average Bonchev–Trinajstić information content (AvgIpc) is 2.31. The molecule has 0 aliphatic rings. The number of rotatable bonds is 5. The highest BCUT2D eigenvalue weighted by Gasteiger charge is 2.23. The van der Waals surface area contributed by atoms with Gasteiger partial charge in [0.05, 0.1) is 10.5 Å². The van der Waals surface area contributed by atoms with E-state index in [-0.39, 0.29) is 22.4 Å². The molecule has 1 aromatic carbocycles. The maximum absolute atomic E-state index is 12.4. The van der Waals surface area contributed by atoms with E-state index in [1.54, 1.807) is 13.8 Å². The molecule has 0 heterocycles. The second-order valence-electron chi connectivity index (χ2n) is 5.04. The van der Waals surface area contributed by atoms with E-state index in [1.165, 1.54) is 12.1 Å². The van der Waals surface area contributed by atoms with Crippen molar-refractivity contribution in [2.24, 2.45) is 5.92 Å². The van der Waals surface area contributed by atoms with Gasteiger partial charge in [-0.15, -0.1) is 0 Å². The summed E-state index contributed by atoms with van der Waals surface area (Å²) in [7, 11) is -3.76. The summed E-state index contributed by atoms with van der Waals surface area (Å²) in [5.74, 6) is -1.03. The lowest BCUT2D eigenvalue weighted by atomic mass is 10.1. The summed E-state index contributed by atoms with van der Waals surface area (Å²) in [5, 5.41) is 9.02. The van der Waals surface area contributed by atoms with Crippen molar-refractivity contribution in [1.29, 1.82) is 0 Å². The van der Waals surface area contributed by atoms with Crippen molar-refractivity contribution in [3.63, 3.8) is 0 Å². The van der Waals surface area contributed by atoms with Crippen LogP contribution in [0.4, 0.5) is 0 Å². The Kier molecular flexibility index (Phi) is 5.34. The molecule has 5 nitrogen and oxygen atoms in total. The van der Waals surface area contributed by atoms with Gasteiger partial charge < -0.3 is 5.11 Å². The van der Waals surface area contributed by atoms with Crippen molar-refractivity contribution in [3.8, 4) is 0 Å². The Bertz CT molecular complexity index is 626. The molecule has 0 bridgehead atoms. The molecule has 1 unspecified atom stereocenters. The van der Waals surface area contributed by atoms with E-state index in [9.17, 15) is 13.2 Å². The number of carbonyl (C=O) groups is 1. The molecule has 112 valence electrons. The lowest BCUT2D eigenvalue weighted by Crippen LogP contribution is -2.36. The molecule has 0 spiro atoms. The van der Waals surface area contributed by atoms with Gasteiger partial charge in [0, 0.05) is 10.5 Å². The second-order valence-corrected chi connectivity index (χ2v) is 7.58. The molecule has 0 fully saturated rings. The fraction of sp³-hybridized carbons (Fsp3) is 0.462. The SMILES string of the molecule is Cc1c(Br)cc(C(=O)O)cc1S(=O)(=O)NC(C)C(C)C. The Labute approximate surface area is 127 Å². The highest BCUT2D eigenvalue weighted by molar-refractivity contribution is 9.10. The van der Waals surface area contributed by atoms with Crippen LogP contribution < -0.4 is 4.72 Å². The van der Waals surface area contributed by atoms with E-state index in [4.69, 9.17) is 5.11 Å². The maximum Gasteiger partial charge on any atom is 0.335 e. The van der Waals surface area contributed by atoms with E-state index < -0.39 is 16.0 Å². The molecule has 0 saturated carbocycles. The first kappa shape index (κ1) is 17.1. The van der Waals surface area contributed by atoms with E-state index in [0.717, 1.165) is 0 Å². The number of aromatic carboxylic acids is 1. The van der Waals surface area contributed by atoms with Gasteiger partial charge in [-0.1, -0.05) is 29.8 Å². The third-order valence-corrected chi connectivity index (χ3v) is 5.68. The Morgan fingerprint density at radius 2 is 1.85 bits per heavy atom. The molecule has 7 heteroatoms. The molecule has 1 rings (SSSR count). The first-order valence-corrected chi connectivity index (χ1v) is 8.39. The van der Waals surface area contributed by atoms with Crippen LogP contribution >= 0.6 is 15.9 Å². The van der Waals surface area contributed by atoms with Crippen molar-refractivity contribution in [3.05, 3.63) is 27.7 Å². The van der Waals surface area contributed by atoms with Gasteiger partial charge in [-0.05, 0) is 37.5 Å². The van der Waals surface area contributed by atoms with E-state index in [1.807, 2.05) is 13.8 Å². The second kappa shape index (κ2) is 6.24. The molecular weight excluding hydrogens is 346 g/mol. The molecule has 1 aromatic rings. The predicted molar refractivity (Wildman–Crippen MR) is 80.5 cm³/mol. The van der Waals surface area contributed by atoms with Gasteiger partial charge in [-0.25, -0.2) is 17.9 Å². The number of benzene rings is 1. The third-order valence-electron chi connectivity index (χ3n) is 3.17. The first-order chi connectivity index (χ1) is 9.06. The summed E-state index contributed by atoms with van der Waals surface area (Å²) >= 11 is 3.20. The van der Waals surface area contributed by atoms with Crippen molar-refractivity contribution in [2.75, 3.05) is 0 Å². The number of carboxylic acid groups (broad SMARTS) is 1. The fourth-order valence-electron chi connectivity index (χ4n) is 1.50. The molecule has 20 heavy (non-hydrogen) atoms. The quantitative estimate of drug-likeness (QED) is 0.842. The molecule has 2 N–H and O–H groups in total. The van der Waals surface area contributed by atoms with Gasteiger partial charge in [0.25, 0.3) is 0 Å². The molecule has 0 aromatic heterocycles. The van der Waals surface area contributed by atoms with E-state index >= 15 is 0 Å². The van der Waals surface area contributed by atoms with Gasteiger partial charge in [0.1, 0.15) is 0 Å². The average molecular weight is 364 g/mol. The summed E-state index contributed by atoms with van der Waals surface area (Å²) in [6.07, 6.45) is 0. The number of nitrogens with one attached hydrogen (secondary N) is 1. The number of hydrogen-bond acceptors (Lipinski definition) is 3. The van der Waals surface area contributed by atoms with E-state index in [0.29, 0.717) is 10.0 Å². The third kappa shape index (κ3) is 3.80. The monoisotopic (exact) mass is 363 g/mol. The van der Waals surface area contributed by atoms with Crippen molar-refractivity contribution in [2.45, 2.75) is 38.6 Å². The predicted octanol–water partition coefficient (Wildman–Crippen LogP) is 2.78. The highest BCUT2D eigenvalue weighted by Crippen LogP contribution is 2.26. The van der Waals surface area contributed by atoms with Crippen molar-refractivity contribution in [1.82, 2.24) is 4.72 Å². The number of sulfonamides is 1. The van der Waals surface area contributed by atoms with Crippen LogP contribution in [-0.4, -0.2) is 25.5 Å². The van der Waals surface area contributed by atoms with Crippen LogP contribution in [0.1, 0.15) is 36.7 Å². The zero-order valence-corrected chi connectivity index (χ0v) is 14.2. The lowest BCUT2D eigenvalue weighted by molar-refractivity contribution is 0.0696. The van der Waals surface area contributed by atoms with Crippen LogP contribution in [0.3, 0.4) is 0 Å².